The monoisotopic (exact) mass is 587 g/mol. The minimum atomic E-state index is -4.29. The van der Waals surface area contributed by atoms with Crippen molar-refractivity contribution >= 4 is 27.5 Å². The molecule has 2 amide bonds. The molecule has 4 aromatic carbocycles. The van der Waals surface area contributed by atoms with E-state index in [2.05, 4.69) is 5.32 Å². The molecule has 0 bridgehead atoms. The second kappa shape index (κ2) is 13.4. The van der Waals surface area contributed by atoms with Crippen molar-refractivity contribution in [1.29, 1.82) is 0 Å². The zero-order chi connectivity index (χ0) is 30.3. The Morgan fingerprint density at radius 2 is 1.45 bits per heavy atom. The summed E-state index contributed by atoms with van der Waals surface area (Å²) < 4.78 is 42.5. The van der Waals surface area contributed by atoms with Crippen molar-refractivity contribution in [3.63, 3.8) is 0 Å². The third kappa shape index (κ3) is 7.22. The molecule has 0 aliphatic rings. The fraction of sp³-hybridized carbons (Fsp3) is 0.212. The van der Waals surface area contributed by atoms with E-state index in [1.807, 2.05) is 68.4 Å². The molecule has 0 aromatic heterocycles. The van der Waals surface area contributed by atoms with Gasteiger partial charge in [-0.1, -0.05) is 72.3 Å². The number of anilines is 1. The second-order valence-electron chi connectivity index (χ2n) is 10.1. The van der Waals surface area contributed by atoms with Crippen LogP contribution in [-0.2, 0) is 32.6 Å². The van der Waals surface area contributed by atoms with Gasteiger partial charge < -0.3 is 10.2 Å². The first kappa shape index (κ1) is 30.5. The molecule has 0 unspecified atom stereocenters. The summed E-state index contributed by atoms with van der Waals surface area (Å²) in [6, 6.07) is 27.2. The predicted octanol–water partition coefficient (Wildman–Crippen LogP) is 5.02. The van der Waals surface area contributed by atoms with Gasteiger partial charge in [-0.05, 0) is 66.9 Å². The summed E-state index contributed by atoms with van der Waals surface area (Å²) in [4.78, 5) is 28.9. The molecule has 1 atom stereocenters. The summed E-state index contributed by atoms with van der Waals surface area (Å²) in [7, 11) is -2.78. The fourth-order valence-electron chi connectivity index (χ4n) is 4.67. The van der Waals surface area contributed by atoms with E-state index in [0.29, 0.717) is 0 Å². The quantitative estimate of drug-likeness (QED) is 0.267. The molecule has 0 saturated heterocycles. The number of hydrogen-bond acceptors (Lipinski definition) is 4. The summed E-state index contributed by atoms with van der Waals surface area (Å²) in [5.74, 6) is -1.51. The van der Waals surface area contributed by atoms with E-state index in [1.54, 1.807) is 24.3 Å². The Bertz CT molecular complexity index is 1630. The molecule has 0 aliphatic heterocycles. The second-order valence-corrected chi connectivity index (χ2v) is 11.9. The Kier molecular flexibility index (Phi) is 9.75. The van der Waals surface area contributed by atoms with E-state index in [4.69, 9.17) is 0 Å². The lowest BCUT2D eigenvalue weighted by Crippen LogP contribution is -2.53. The minimum Gasteiger partial charge on any atom is -0.357 e. The maximum Gasteiger partial charge on any atom is 0.264 e. The van der Waals surface area contributed by atoms with Crippen LogP contribution >= 0.6 is 0 Å². The lowest BCUT2D eigenvalue weighted by atomic mass is 10.0. The van der Waals surface area contributed by atoms with E-state index in [-0.39, 0.29) is 29.5 Å². The lowest BCUT2D eigenvalue weighted by molar-refractivity contribution is -0.139. The van der Waals surface area contributed by atoms with E-state index in [9.17, 15) is 22.4 Å². The van der Waals surface area contributed by atoms with Crippen LogP contribution in [0.4, 0.5) is 10.1 Å². The molecule has 0 saturated carbocycles. The number of benzene rings is 4. The fourth-order valence-corrected chi connectivity index (χ4v) is 6.08. The van der Waals surface area contributed by atoms with Crippen LogP contribution in [0, 0.1) is 19.7 Å². The molecule has 9 heteroatoms. The highest BCUT2D eigenvalue weighted by molar-refractivity contribution is 7.92. The van der Waals surface area contributed by atoms with Gasteiger partial charge in [0.15, 0.2) is 0 Å². The van der Waals surface area contributed by atoms with Crippen LogP contribution < -0.4 is 9.62 Å². The first-order chi connectivity index (χ1) is 20.1. The maximum absolute atomic E-state index is 14.3. The van der Waals surface area contributed by atoms with Crippen molar-refractivity contribution in [3.05, 3.63) is 131 Å². The molecular formula is C33H34FN3O4S. The van der Waals surface area contributed by atoms with Crippen molar-refractivity contribution in [2.75, 3.05) is 17.9 Å². The van der Waals surface area contributed by atoms with Crippen LogP contribution in [0.25, 0.3) is 0 Å². The number of sulfonamides is 1. The van der Waals surface area contributed by atoms with Crippen LogP contribution in [0.3, 0.4) is 0 Å². The van der Waals surface area contributed by atoms with Crippen LogP contribution in [0.15, 0.2) is 108 Å². The Morgan fingerprint density at radius 3 is 2.07 bits per heavy atom. The Balaban J connectivity index is 1.79. The largest absolute Gasteiger partial charge is 0.357 e. The van der Waals surface area contributed by atoms with Gasteiger partial charge in [0.1, 0.15) is 18.4 Å². The number of hydrogen-bond donors (Lipinski definition) is 1. The number of halogens is 1. The van der Waals surface area contributed by atoms with Gasteiger partial charge in [-0.3, -0.25) is 13.9 Å². The first-order valence-corrected chi connectivity index (χ1v) is 15.0. The van der Waals surface area contributed by atoms with Gasteiger partial charge in [0.2, 0.25) is 11.8 Å². The molecular weight excluding hydrogens is 553 g/mol. The van der Waals surface area contributed by atoms with Crippen molar-refractivity contribution < 1.29 is 22.4 Å². The minimum absolute atomic E-state index is 0.0920. The van der Waals surface area contributed by atoms with E-state index >= 15 is 0 Å². The van der Waals surface area contributed by atoms with Gasteiger partial charge in [-0.2, -0.15) is 0 Å². The topological polar surface area (TPSA) is 86.8 Å². The number of carbonyl (C=O) groups is 2. The zero-order valence-corrected chi connectivity index (χ0v) is 24.6. The van der Waals surface area contributed by atoms with Crippen LogP contribution in [0.2, 0.25) is 0 Å². The van der Waals surface area contributed by atoms with Crippen LogP contribution in [-0.4, -0.2) is 44.8 Å². The van der Waals surface area contributed by atoms with E-state index < -0.39 is 34.3 Å². The SMILES string of the molecule is CNC(=O)[C@H](Cc1ccccc1)N(Cc1ccccc1C)C(=O)CN(c1ccc(C)cc1)S(=O)(=O)c1ccc(F)cc1. The first-order valence-electron chi connectivity index (χ1n) is 13.5. The summed E-state index contributed by atoms with van der Waals surface area (Å²) in [6.45, 7) is 3.31. The highest BCUT2D eigenvalue weighted by Crippen LogP contribution is 2.26. The van der Waals surface area contributed by atoms with Gasteiger partial charge >= 0.3 is 0 Å². The molecule has 7 nitrogen and oxygen atoms in total. The molecule has 0 radical (unpaired) electrons. The highest BCUT2D eigenvalue weighted by atomic mass is 32.2. The molecule has 42 heavy (non-hydrogen) atoms. The van der Waals surface area contributed by atoms with Crippen molar-refractivity contribution in [1.82, 2.24) is 10.2 Å². The van der Waals surface area contributed by atoms with Gasteiger partial charge in [0, 0.05) is 20.0 Å². The number of nitrogens with one attached hydrogen (secondary N) is 1. The molecule has 0 spiro atoms. The van der Waals surface area contributed by atoms with Crippen LogP contribution in [0.1, 0.15) is 22.3 Å². The Hall–Kier alpha value is -4.50. The average Bonchev–Trinajstić information content (AvgIpc) is 2.99. The lowest BCUT2D eigenvalue weighted by Gasteiger charge is -2.34. The van der Waals surface area contributed by atoms with Gasteiger partial charge in [-0.15, -0.1) is 0 Å². The third-order valence-corrected chi connectivity index (χ3v) is 8.91. The maximum atomic E-state index is 14.3. The predicted molar refractivity (Wildman–Crippen MR) is 162 cm³/mol. The Labute approximate surface area is 246 Å². The molecule has 1 N–H and O–H groups in total. The number of likely N-dealkylation sites (N-methyl/N-ethyl adjacent to an activating group) is 1. The molecule has 0 aliphatic carbocycles. The number of nitrogens with zero attached hydrogens (tertiary/aromatic N) is 2. The van der Waals surface area contributed by atoms with Gasteiger partial charge in [0.05, 0.1) is 10.6 Å². The van der Waals surface area contributed by atoms with Gasteiger partial charge in [0.25, 0.3) is 10.0 Å². The summed E-state index contributed by atoms with van der Waals surface area (Å²) in [5.41, 5.74) is 3.79. The molecule has 218 valence electrons. The zero-order valence-electron chi connectivity index (χ0n) is 23.8. The van der Waals surface area contributed by atoms with Crippen LogP contribution in [0.5, 0.6) is 0 Å². The number of amides is 2. The van der Waals surface area contributed by atoms with E-state index in [0.717, 1.165) is 38.7 Å². The van der Waals surface area contributed by atoms with Gasteiger partial charge in [-0.25, -0.2) is 12.8 Å². The normalized spacial score (nSPS) is 11.9. The summed E-state index contributed by atoms with van der Waals surface area (Å²) in [6.07, 6.45) is 0.230. The van der Waals surface area contributed by atoms with Crippen molar-refractivity contribution in [2.45, 2.75) is 37.8 Å². The molecule has 4 aromatic rings. The molecule has 0 fully saturated rings. The summed E-state index contributed by atoms with van der Waals surface area (Å²) in [5, 5.41) is 2.67. The number of carbonyl (C=O) groups excluding carboxylic acids is 2. The number of rotatable bonds is 11. The smallest absolute Gasteiger partial charge is 0.264 e. The third-order valence-electron chi connectivity index (χ3n) is 7.12. The standard InChI is InChI=1S/C33H34FN3O4S/c1-24-13-17-29(18-14-24)37(42(40,41)30-19-15-28(34)16-20-30)23-32(38)36(22-27-12-8-7-9-25(27)2)31(33(39)35-3)21-26-10-5-4-6-11-26/h4-20,31H,21-23H2,1-3H3,(H,35,39)/t31-/m0/s1. The average molecular weight is 588 g/mol. The highest BCUT2D eigenvalue weighted by Gasteiger charge is 2.34. The molecule has 0 heterocycles. The molecule has 4 rings (SSSR count). The van der Waals surface area contributed by atoms with Crippen molar-refractivity contribution in [2.24, 2.45) is 0 Å². The Morgan fingerprint density at radius 1 is 0.833 bits per heavy atom. The van der Waals surface area contributed by atoms with Crippen molar-refractivity contribution in [3.8, 4) is 0 Å². The number of aryl methyl sites for hydroxylation is 2. The van der Waals surface area contributed by atoms with E-state index in [1.165, 1.54) is 24.1 Å². The summed E-state index contributed by atoms with van der Waals surface area (Å²) >= 11 is 0.